The number of benzene rings is 1. The quantitative estimate of drug-likeness (QED) is 0.779. The number of halogens is 1. The highest BCUT2D eigenvalue weighted by molar-refractivity contribution is 5.47. The summed E-state index contributed by atoms with van der Waals surface area (Å²) in [4.78, 5) is 2.36. The lowest BCUT2D eigenvalue weighted by Gasteiger charge is -2.36. The summed E-state index contributed by atoms with van der Waals surface area (Å²) in [5, 5.41) is 3.55. The van der Waals surface area contributed by atoms with Gasteiger partial charge in [0.1, 0.15) is 5.82 Å². The van der Waals surface area contributed by atoms with Gasteiger partial charge in [-0.1, -0.05) is 0 Å². The molecule has 2 fully saturated rings. The number of fused-ring (bicyclic) bond motifs is 1. The lowest BCUT2D eigenvalue weighted by atomic mass is 9.92. The van der Waals surface area contributed by atoms with Crippen LogP contribution in [-0.2, 0) is 0 Å². The van der Waals surface area contributed by atoms with Crippen LogP contribution in [0.15, 0.2) is 24.3 Å². The molecule has 1 aromatic carbocycles. The van der Waals surface area contributed by atoms with Crippen molar-refractivity contribution < 1.29 is 4.39 Å². The van der Waals surface area contributed by atoms with Crippen LogP contribution < -0.4 is 10.2 Å². The summed E-state index contributed by atoms with van der Waals surface area (Å²) in [7, 11) is 0. The van der Waals surface area contributed by atoms with Gasteiger partial charge in [0.2, 0.25) is 0 Å². The minimum absolute atomic E-state index is 0.155. The second-order valence-corrected chi connectivity index (χ2v) is 4.82. The smallest absolute Gasteiger partial charge is 0.123 e. The van der Waals surface area contributed by atoms with Crippen LogP contribution in [0.4, 0.5) is 10.1 Å². The number of piperidine rings is 1. The van der Waals surface area contributed by atoms with Gasteiger partial charge in [-0.15, -0.1) is 0 Å². The molecule has 16 heavy (non-hydrogen) atoms. The van der Waals surface area contributed by atoms with Crippen molar-refractivity contribution in [3.8, 4) is 0 Å². The summed E-state index contributed by atoms with van der Waals surface area (Å²) in [6.45, 7) is 3.33. The lowest BCUT2D eigenvalue weighted by Crippen LogP contribution is -2.46. The molecule has 86 valence electrons. The molecule has 0 aliphatic carbocycles. The maximum Gasteiger partial charge on any atom is 0.123 e. The molecule has 1 aromatic rings. The maximum atomic E-state index is 12.8. The van der Waals surface area contributed by atoms with Crippen molar-refractivity contribution in [2.24, 2.45) is 5.92 Å². The molecule has 0 spiro atoms. The van der Waals surface area contributed by atoms with Crippen LogP contribution in [0.3, 0.4) is 0 Å². The van der Waals surface area contributed by atoms with Gasteiger partial charge < -0.3 is 10.2 Å². The van der Waals surface area contributed by atoms with Crippen LogP contribution in [0.2, 0.25) is 0 Å². The Kier molecular flexibility index (Phi) is 2.56. The normalized spacial score (nSPS) is 29.2. The topological polar surface area (TPSA) is 15.3 Å². The fraction of sp³-hybridized carbons (Fsp3) is 0.538. The second-order valence-electron chi connectivity index (χ2n) is 4.82. The molecular formula is C13H17FN2. The molecule has 0 radical (unpaired) electrons. The number of nitrogens with one attached hydrogen (secondary N) is 1. The average Bonchev–Trinajstić information content (AvgIpc) is 2.77. The van der Waals surface area contributed by atoms with Gasteiger partial charge in [0.15, 0.2) is 0 Å². The van der Waals surface area contributed by atoms with Crippen molar-refractivity contribution in [2.75, 3.05) is 24.5 Å². The molecule has 2 saturated heterocycles. The fourth-order valence-corrected chi connectivity index (χ4v) is 2.92. The monoisotopic (exact) mass is 220 g/mol. The van der Waals surface area contributed by atoms with E-state index in [2.05, 4.69) is 10.2 Å². The molecule has 2 unspecified atom stereocenters. The Bertz CT molecular complexity index is 363. The molecule has 1 N–H and O–H groups in total. The highest BCUT2D eigenvalue weighted by Crippen LogP contribution is 2.28. The summed E-state index contributed by atoms with van der Waals surface area (Å²) >= 11 is 0. The number of nitrogens with zero attached hydrogens (tertiary/aromatic N) is 1. The molecule has 3 heteroatoms. The van der Waals surface area contributed by atoms with Gasteiger partial charge in [-0.25, -0.2) is 4.39 Å². The van der Waals surface area contributed by atoms with E-state index in [0.29, 0.717) is 6.04 Å². The van der Waals surface area contributed by atoms with Crippen molar-refractivity contribution in [3.63, 3.8) is 0 Å². The Labute approximate surface area is 95.4 Å². The Morgan fingerprint density at radius 3 is 2.81 bits per heavy atom. The zero-order chi connectivity index (χ0) is 11.0. The predicted octanol–water partition coefficient (Wildman–Crippen LogP) is 2.01. The standard InChI is InChI=1S/C13H17FN2/c14-11-1-3-12(4-2-11)16-8-6-10-5-7-15-13(10)9-16/h1-4,10,13,15H,5-9H2. The van der Waals surface area contributed by atoms with Crippen molar-refractivity contribution >= 4 is 5.69 Å². The Balaban J connectivity index is 1.74. The van der Waals surface area contributed by atoms with Crippen LogP contribution in [0.25, 0.3) is 0 Å². The van der Waals surface area contributed by atoms with Crippen molar-refractivity contribution in [3.05, 3.63) is 30.1 Å². The Hall–Kier alpha value is -1.09. The first-order valence-electron chi connectivity index (χ1n) is 6.07. The van der Waals surface area contributed by atoms with Gasteiger partial charge in [0.05, 0.1) is 0 Å². The van der Waals surface area contributed by atoms with E-state index in [1.165, 1.54) is 12.8 Å². The zero-order valence-electron chi connectivity index (χ0n) is 9.32. The fourth-order valence-electron chi connectivity index (χ4n) is 2.92. The van der Waals surface area contributed by atoms with Gasteiger partial charge in [0, 0.05) is 24.8 Å². The third-order valence-electron chi connectivity index (χ3n) is 3.87. The first-order chi connectivity index (χ1) is 7.83. The third kappa shape index (κ3) is 1.80. The maximum absolute atomic E-state index is 12.8. The van der Waals surface area contributed by atoms with Gasteiger partial charge in [-0.05, 0) is 49.6 Å². The molecule has 0 bridgehead atoms. The molecule has 2 nitrogen and oxygen atoms in total. The number of hydrogen-bond donors (Lipinski definition) is 1. The van der Waals surface area contributed by atoms with Crippen LogP contribution in [0.1, 0.15) is 12.8 Å². The van der Waals surface area contributed by atoms with Gasteiger partial charge in [-0.3, -0.25) is 0 Å². The molecule has 2 heterocycles. The number of rotatable bonds is 1. The van der Waals surface area contributed by atoms with Gasteiger partial charge in [-0.2, -0.15) is 0 Å². The first kappa shape index (κ1) is 10.1. The Morgan fingerprint density at radius 2 is 2.00 bits per heavy atom. The van der Waals surface area contributed by atoms with E-state index >= 15 is 0 Å². The first-order valence-corrected chi connectivity index (χ1v) is 6.07. The van der Waals surface area contributed by atoms with Crippen LogP contribution in [-0.4, -0.2) is 25.7 Å². The van der Waals surface area contributed by atoms with E-state index in [1.54, 1.807) is 12.1 Å². The van der Waals surface area contributed by atoms with E-state index < -0.39 is 0 Å². The zero-order valence-corrected chi connectivity index (χ0v) is 9.32. The summed E-state index contributed by atoms with van der Waals surface area (Å²) in [6.07, 6.45) is 2.58. The predicted molar refractivity (Wildman–Crippen MR) is 63.1 cm³/mol. The average molecular weight is 220 g/mol. The van der Waals surface area contributed by atoms with Crippen LogP contribution in [0, 0.1) is 11.7 Å². The SMILES string of the molecule is Fc1ccc(N2CCC3CCNC3C2)cc1. The van der Waals surface area contributed by atoms with E-state index in [4.69, 9.17) is 0 Å². The minimum atomic E-state index is -0.155. The van der Waals surface area contributed by atoms with Crippen molar-refractivity contribution in [2.45, 2.75) is 18.9 Å². The molecule has 2 atom stereocenters. The van der Waals surface area contributed by atoms with Crippen molar-refractivity contribution in [1.82, 2.24) is 5.32 Å². The summed E-state index contributed by atoms with van der Waals surface area (Å²) in [6, 6.07) is 7.49. The summed E-state index contributed by atoms with van der Waals surface area (Å²) in [5.41, 5.74) is 1.15. The van der Waals surface area contributed by atoms with E-state index in [-0.39, 0.29) is 5.82 Å². The van der Waals surface area contributed by atoms with Crippen molar-refractivity contribution in [1.29, 1.82) is 0 Å². The summed E-state index contributed by atoms with van der Waals surface area (Å²) < 4.78 is 12.8. The minimum Gasteiger partial charge on any atom is -0.370 e. The molecular weight excluding hydrogens is 203 g/mol. The molecule has 2 aliphatic rings. The molecule has 0 aromatic heterocycles. The third-order valence-corrected chi connectivity index (χ3v) is 3.87. The molecule has 3 rings (SSSR count). The van der Waals surface area contributed by atoms with Crippen LogP contribution in [0.5, 0.6) is 0 Å². The number of anilines is 1. The molecule has 0 saturated carbocycles. The van der Waals surface area contributed by atoms with Gasteiger partial charge >= 0.3 is 0 Å². The van der Waals surface area contributed by atoms with E-state index in [0.717, 1.165) is 31.2 Å². The molecule has 0 amide bonds. The summed E-state index contributed by atoms with van der Waals surface area (Å²) in [5.74, 6) is 0.703. The molecule has 2 aliphatic heterocycles. The Morgan fingerprint density at radius 1 is 1.19 bits per heavy atom. The van der Waals surface area contributed by atoms with E-state index in [9.17, 15) is 4.39 Å². The highest BCUT2D eigenvalue weighted by Gasteiger charge is 2.32. The number of hydrogen-bond acceptors (Lipinski definition) is 2. The van der Waals surface area contributed by atoms with Gasteiger partial charge in [0.25, 0.3) is 0 Å². The lowest BCUT2D eigenvalue weighted by molar-refractivity contribution is 0.373. The second kappa shape index (κ2) is 4.06. The largest absolute Gasteiger partial charge is 0.370 e. The van der Waals surface area contributed by atoms with E-state index in [1.807, 2.05) is 12.1 Å². The highest BCUT2D eigenvalue weighted by atomic mass is 19.1. The van der Waals surface area contributed by atoms with Crippen LogP contribution >= 0.6 is 0 Å².